The molecule has 0 fully saturated rings. The van der Waals surface area contributed by atoms with Gasteiger partial charge in [-0.1, -0.05) is 139 Å². The molecule has 0 radical (unpaired) electrons. The Morgan fingerprint density at radius 3 is 0.941 bits per heavy atom. The minimum atomic E-state index is 0. The van der Waals surface area contributed by atoms with Gasteiger partial charge in [-0.25, -0.2) is 0 Å². The lowest BCUT2D eigenvalue weighted by molar-refractivity contribution is -0.00100. The second-order valence-electron chi connectivity index (χ2n) is 20.1. The van der Waals surface area contributed by atoms with Crippen molar-refractivity contribution < 1.29 is 43.6 Å². The third-order valence-corrected chi connectivity index (χ3v) is 13.1. The van der Waals surface area contributed by atoms with E-state index in [0.29, 0.717) is 11.1 Å². The first-order valence-corrected chi connectivity index (χ1v) is 26.7. The maximum atomic E-state index is 12.9. The molecular weight excluding hydrogens is 1040 g/mol. The molecule has 0 aliphatic heterocycles. The zero-order chi connectivity index (χ0) is 48.8. The van der Waals surface area contributed by atoms with Crippen molar-refractivity contribution in [2.45, 2.75) is 142 Å². The maximum absolute atomic E-state index is 12.9. The number of halogens is 3. The van der Waals surface area contributed by atoms with Crippen molar-refractivity contribution in [2.75, 3.05) is 85.1 Å². The van der Waals surface area contributed by atoms with Crippen molar-refractivity contribution in [2.24, 2.45) is 0 Å². The first-order chi connectivity index (χ1) is 31.5. The van der Waals surface area contributed by atoms with E-state index in [1.54, 1.807) is 0 Å². The Morgan fingerprint density at radius 2 is 0.662 bits per heavy atom. The van der Waals surface area contributed by atoms with Gasteiger partial charge < -0.3 is 43.8 Å². The average molecular weight is 1130 g/mol. The molecule has 6 nitrogen and oxygen atoms in total. The molecule has 0 amide bonds. The van der Waals surface area contributed by atoms with Crippen molar-refractivity contribution in [3.8, 4) is 0 Å². The largest absolute Gasteiger partial charge is 1.00 e. The molecule has 0 atom stereocenters. The van der Waals surface area contributed by atoms with Crippen LogP contribution in [0, 0.1) is 0 Å². The molecule has 68 heavy (non-hydrogen) atoms. The van der Waals surface area contributed by atoms with Crippen LogP contribution >= 0.6 is 15.9 Å². The predicted molar refractivity (Wildman–Crippen MR) is 297 cm³/mol. The minimum Gasteiger partial charge on any atom is -1.00 e. The first-order valence-electron chi connectivity index (χ1n) is 25.6. The molecule has 0 aromatic heterocycles. The molecule has 0 bridgehead atoms. The van der Waals surface area contributed by atoms with Crippen molar-refractivity contribution >= 4 is 50.2 Å². The third-order valence-electron chi connectivity index (χ3n) is 12.6. The summed E-state index contributed by atoms with van der Waals surface area (Å²) in [5.74, 6) is 0.148. The van der Waals surface area contributed by atoms with Crippen molar-refractivity contribution in [1.82, 2.24) is 8.97 Å². The van der Waals surface area contributed by atoms with Gasteiger partial charge in [-0.3, -0.25) is 18.6 Å². The summed E-state index contributed by atoms with van der Waals surface area (Å²) in [6.07, 6.45) is 28.0. The fourth-order valence-electron chi connectivity index (χ4n) is 7.94. The van der Waals surface area contributed by atoms with Gasteiger partial charge in [0.2, 0.25) is 0 Å². The van der Waals surface area contributed by atoms with Crippen LogP contribution in [0.15, 0.2) is 97.1 Å². The molecule has 0 aliphatic carbocycles. The van der Waals surface area contributed by atoms with Gasteiger partial charge in [0.25, 0.3) is 0 Å². The van der Waals surface area contributed by atoms with Crippen LogP contribution in [-0.2, 0) is 0 Å². The lowest BCUT2D eigenvalue weighted by atomic mass is 10.0. The highest BCUT2D eigenvalue weighted by atomic mass is 79.9. The molecule has 0 N–H and O–H groups in total. The summed E-state index contributed by atoms with van der Waals surface area (Å²) in [7, 11) is 18.9. The number of anilines is 2. The molecule has 0 heterocycles. The van der Waals surface area contributed by atoms with E-state index in [0.717, 1.165) is 38.0 Å². The van der Waals surface area contributed by atoms with Crippen LogP contribution in [0.2, 0.25) is 0 Å². The highest BCUT2D eigenvalue weighted by molar-refractivity contribution is 9.09. The Balaban J connectivity index is 0.00000109. The summed E-state index contributed by atoms with van der Waals surface area (Å²) in [5.41, 5.74) is 7.57. The summed E-state index contributed by atoms with van der Waals surface area (Å²) in [5, 5.41) is 1.18. The molecule has 4 rings (SSSR count). The normalized spacial score (nSPS) is 10.9. The van der Waals surface area contributed by atoms with Crippen LogP contribution in [0.3, 0.4) is 0 Å². The van der Waals surface area contributed by atoms with Crippen molar-refractivity contribution in [1.29, 1.82) is 0 Å². The van der Waals surface area contributed by atoms with Crippen LogP contribution in [0.4, 0.5) is 22.7 Å². The minimum absolute atomic E-state index is 0. The Hall–Kier alpha value is -2.82. The van der Waals surface area contributed by atoms with Crippen molar-refractivity contribution in [3.05, 3.63) is 119 Å². The van der Waals surface area contributed by atoms with Gasteiger partial charge >= 0.3 is 0 Å². The van der Waals surface area contributed by atoms with Gasteiger partial charge in [0.05, 0.1) is 41.8 Å². The summed E-state index contributed by atoms with van der Waals surface area (Å²) in [6.45, 7) is 5.69. The van der Waals surface area contributed by atoms with Gasteiger partial charge in [-0.05, 0) is 116 Å². The Morgan fingerprint density at radius 1 is 0.397 bits per heavy atom. The number of carbonyl (C=O) groups is 2. The second-order valence-corrected chi connectivity index (χ2v) is 20.9. The molecule has 4 aromatic carbocycles. The van der Waals surface area contributed by atoms with E-state index in [9.17, 15) is 9.59 Å². The average Bonchev–Trinajstić information content (AvgIpc) is 3.31. The molecule has 0 saturated carbocycles. The van der Waals surface area contributed by atoms with Gasteiger partial charge in [0.1, 0.15) is 11.4 Å². The predicted octanol–water partition coefficient (Wildman–Crippen LogP) is 9.96. The summed E-state index contributed by atoms with van der Waals surface area (Å²) in [4.78, 5) is 29.3. The lowest BCUT2D eigenvalue weighted by Crippen LogP contribution is -3.00. The number of unbranched alkanes of at least 4 members (excludes halogenated alkanes) is 18. The molecular formula is C59H93Br3N4O2. The number of rotatable bonds is 29. The van der Waals surface area contributed by atoms with E-state index < -0.39 is 0 Å². The van der Waals surface area contributed by atoms with Gasteiger partial charge in [0, 0.05) is 67.1 Å². The maximum Gasteiger partial charge on any atom is 0.193 e. The number of nitrogens with zero attached hydrogens (tertiary/aromatic N) is 4. The zero-order valence-corrected chi connectivity index (χ0v) is 49.3. The Labute approximate surface area is 446 Å². The van der Waals surface area contributed by atoms with Crippen molar-refractivity contribution in [3.63, 3.8) is 0 Å². The number of carbonyl (C=O) groups excluding carboxylic acids is 2. The topological polar surface area (TPSA) is 40.6 Å². The van der Waals surface area contributed by atoms with E-state index in [1.165, 1.54) is 145 Å². The third kappa shape index (κ3) is 26.4. The molecule has 0 spiro atoms. The molecule has 0 saturated heterocycles. The highest BCUT2D eigenvalue weighted by Crippen LogP contribution is 2.24. The Kier molecular flexibility index (Phi) is 35.5. The number of ketones is 2. The second kappa shape index (κ2) is 37.0. The number of alkyl halides is 1. The van der Waals surface area contributed by atoms with Gasteiger partial charge in [0.15, 0.2) is 11.6 Å². The van der Waals surface area contributed by atoms with E-state index in [-0.39, 0.29) is 45.5 Å². The molecule has 0 aliphatic rings. The number of hydrogen-bond donors (Lipinski definition) is 0. The molecule has 9 heteroatoms. The number of hydrogen-bond acceptors (Lipinski definition) is 4. The highest BCUT2D eigenvalue weighted by Gasteiger charge is 2.20. The van der Waals surface area contributed by atoms with Gasteiger partial charge in [-0.15, -0.1) is 0 Å². The molecule has 4 aromatic rings. The summed E-state index contributed by atoms with van der Waals surface area (Å²) in [6, 6.07) is 31.6. The van der Waals surface area contributed by atoms with Crippen LogP contribution in [0.1, 0.15) is 174 Å². The molecule has 382 valence electrons. The fourth-order valence-corrected chi connectivity index (χ4v) is 8.33. The Bertz CT molecular complexity index is 1810. The fraction of sp³-hybridized carbons (Fsp3) is 0.559. The van der Waals surface area contributed by atoms with Crippen LogP contribution in [-0.4, -0.2) is 86.9 Å². The molecule has 0 unspecified atom stereocenters. The first kappa shape index (κ1) is 65.2. The summed E-state index contributed by atoms with van der Waals surface area (Å²) >= 11 is 3.46. The van der Waals surface area contributed by atoms with Crippen LogP contribution < -0.4 is 52.7 Å². The summed E-state index contributed by atoms with van der Waals surface area (Å²) < 4.78 is 1.61. The lowest BCUT2D eigenvalue weighted by Gasteiger charge is -2.29. The SMILES string of the molecule is CCCCCCCCCCCCBr.CCCCCCCCCCCC[N+](C)(C)c1ccc(C(=O)c2ccc([N+](C)(C)C)cc2)cc1.CN(C)c1ccc(C(=O)c2ccc(N(C)C)cc2)cc1.[Br-].[Br-]. The van der Waals surface area contributed by atoms with E-state index in [1.807, 2.05) is 123 Å². The standard InChI is InChI=1S/C30H48N2O.C17H20N2O.C12H25Br.2BrH/c1-7-8-9-10-11-12-13-14-15-16-25-32(5,6)29-23-19-27(20-24-29)30(33)26-17-21-28(22-18-26)31(2,3)4;1-18(2)15-9-5-13(6-10-15)17(20)14-7-11-16(12-8-14)19(3)4;1-2-3-4-5-6-7-8-9-10-11-12-13;;/h17-24H,7-16,25H2,1-6H3;5-12H,1-4H3;2-12H2,1H3;2*1H/q+2;;;;/p-2. The van der Waals surface area contributed by atoms with E-state index >= 15 is 0 Å². The number of benzene rings is 4. The quantitative estimate of drug-likeness (QED) is 0.0235. The van der Waals surface area contributed by atoms with E-state index in [2.05, 4.69) is 77.1 Å². The van der Waals surface area contributed by atoms with E-state index in [4.69, 9.17) is 0 Å². The van der Waals surface area contributed by atoms with Crippen LogP contribution in [0.5, 0.6) is 0 Å². The number of quaternary nitrogens is 2. The monoisotopic (exact) mass is 1130 g/mol. The van der Waals surface area contributed by atoms with Crippen LogP contribution in [0.25, 0.3) is 0 Å². The zero-order valence-electron chi connectivity index (χ0n) is 44.5. The smallest absolute Gasteiger partial charge is 0.193 e. The van der Waals surface area contributed by atoms with Gasteiger partial charge in [-0.2, -0.15) is 0 Å².